The lowest BCUT2D eigenvalue weighted by Gasteiger charge is -2.32. The number of carbonyl (C=O) groups excluding carboxylic acids is 2. The number of nitrogens with one attached hydrogen (secondary N) is 1. The second-order valence-corrected chi connectivity index (χ2v) is 9.70. The van der Waals surface area contributed by atoms with Gasteiger partial charge in [-0.25, -0.2) is 4.39 Å². The Hall–Kier alpha value is -2.89. The molecule has 4 nitrogen and oxygen atoms in total. The summed E-state index contributed by atoms with van der Waals surface area (Å²) >= 11 is 12.3. The lowest BCUT2D eigenvalue weighted by molar-refractivity contribution is -0.140. The molecule has 0 aromatic heterocycles. The van der Waals surface area contributed by atoms with Crippen LogP contribution in [0.2, 0.25) is 10.0 Å². The minimum absolute atomic E-state index is 0.122. The molecule has 0 radical (unpaired) electrons. The van der Waals surface area contributed by atoms with Crippen molar-refractivity contribution >= 4 is 35.0 Å². The van der Waals surface area contributed by atoms with Crippen LogP contribution in [0.3, 0.4) is 0 Å². The lowest BCUT2D eigenvalue weighted by atomic mass is 10.0. The largest absolute Gasteiger partial charge is 0.354 e. The van der Waals surface area contributed by atoms with Gasteiger partial charge in [-0.2, -0.15) is 0 Å². The Morgan fingerprint density at radius 1 is 0.914 bits per heavy atom. The lowest BCUT2D eigenvalue weighted by Crippen LogP contribution is -2.51. The highest BCUT2D eigenvalue weighted by Crippen LogP contribution is 2.25. The van der Waals surface area contributed by atoms with E-state index in [4.69, 9.17) is 23.2 Å². The van der Waals surface area contributed by atoms with E-state index in [9.17, 15) is 14.0 Å². The van der Waals surface area contributed by atoms with Crippen LogP contribution in [0.15, 0.2) is 72.8 Å². The van der Waals surface area contributed by atoms with E-state index in [-0.39, 0.29) is 36.3 Å². The summed E-state index contributed by atoms with van der Waals surface area (Å²) in [5, 5.41) is 3.72. The maximum absolute atomic E-state index is 14.4. The van der Waals surface area contributed by atoms with Crippen molar-refractivity contribution in [1.82, 2.24) is 10.2 Å². The SMILES string of the molecule is CC(C)CNC(=O)[C@H](Cc1ccccc1)N(Cc1ccc(Cl)c(Cl)c1)C(=O)Cc1ccccc1F. The fraction of sp³-hybridized carbons (Fsp3) is 0.286. The van der Waals surface area contributed by atoms with Gasteiger partial charge in [-0.3, -0.25) is 9.59 Å². The summed E-state index contributed by atoms with van der Waals surface area (Å²) in [6.07, 6.45) is 0.145. The molecule has 7 heteroatoms. The summed E-state index contributed by atoms with van der Waals surface area (Å²) in [6.45, 7) is 4.61. The van der Waals surface area contributed by atoms with Gasteiger partial charge in [0, 0.05) is 19.5 Å². The monoisotopic (exact) mass is 514 g/mol. The minimum atomic E-state index is -0.801. The average Bonchev–Trinajstić information content (AvgIpc) is 2.84. The Kier molecular flexibility index (Phi) is 9.70. The predicted molar refractivity (Wildman–Crippen MR) is 139 cm³/mol. The molecule has 0 bridgehead atoms. The summed E-state index contributed by atoms with van der Waals surface area (Å²) in [6, 6.07) is 20.0. The van der Waals surface area contributed by atoms with Crippen molar-refractivity contribution in [2.24, 2.45) is 5.92 Å². The molecule has 1 atom stereocenters. The average molecular weight is 515 g/mol. The first-order chi connectivity index (χ1) is 16.7. The number of halogens is 3. The molecule has 2 amide bonds. The summed E-state index contributed by atoms with van der Waals surface area (Å²) in [4.78, 5) is 28.5. The van der Waals surface area contributed by atoms with Gasteiger partial charge in [-0.05, 0) is 40.8 Å². The number of amides is 2. The van der Waals surface area contributed by atoms with Crippen LogP contribution in [-0.2, 0) is 29.0 Å². The number of carbonyl (C=O) groups is 2. The van der Waals surface area contributed by atoms with Crippen LogP contribution in [0, 0.1) is 11.7 Å². The third kappa shape index (κ3) is 7.81. The van der Waals surface area contributed by atoms with Gasteiger partial charge in [0.25, 0.3) is 0 Å². The molecule has 0 aliphatic heterocycles. The van der Waals surface area contributed by atoms with Crippen molar-refractivity contribution in [2.75, 3.05) is 6.54 Å². The molecular formula is C28H29Cl2FN2O2. The van der Waals surface area contributed by atoms with Crippen LogP contribution in [0.4, 0.5) is 4.39 Å². The molecule has 3 aromatic rings. The summed E-state index contributed by atoms with van der Waals surface area (Å²) in [5.74, 6) is -0.834. The molecule has 35 heavy (non-hydrogen) atoms. The van der Waals surface area contributed by atoms with Gasteiger partial charge in [0.1, 0.15) is 11.9 Å². The highest BCUT2D eigenvalue weighted by atomic mass is 35.5. The summed E-state index contributed by atoms with van der Waals surface area (Å²) in [5.41, 5.74) is 1.91. The minimum Gasteiger partial charge on any atom is -0.354 e. The molecule has 0 spiro atoms. The zero-order chi connectivity index (χ0) is 25.4. The standard InChI is InChI=1S/C28H29Cl2FN2O2/c1-19(2)17-32-28(35)26(15-20-8-4-3-5-9-20)33(18-21-12-13-23(29)24(30)14-21)27(34)16-22-10-6-7-11-25(22)31/h3-14,19,26H,15-18H2,1-2H3,(H,32,35)/t26-/m0/s1. The first kappa shape index (κ1) is 26.7. The van der Waals surface area contributed by atoms with Crippen LogP contribution in [0.25, 0.3) is 0 Å². The van der Waals surface area contributed by atoms with Gasteiger partial charge < -0.3 is 10.2 Å². The van der Waals surface area contributed by atoms with Crippen molar-refractivity contribution in [1.29, 1.82) is 0 Å². The molecule has 3 rings (SSSR count). The van der Waals surface area contributed by atoms with E-state index in [1.165, 1.54) is 11.0 Å². The molecule has 184 valence electrons. The predicted octanol–water partition coefficient (Wildman–Crippen LogP) is 6.09. The van der Waals surface area contributed by atoms with Gasteiger partial charge >= 0.3 is 0 Å². The topological polar surface area (TPSA) is 49.4 Å². The van der Waals surface area contributed by atoms with Gasteiger partial charge in [0.15, 0.2) is 0 Å². The number of benzene rings is 3. The third-order valence-electron chi connectivity index (χ3n) is 5.59. The van der Waals surface area contributed by atoms with E-state index in [0.29, 0.717) is 23.0 Å². The zero-order valence-corrected chi connectivity index (χ0v) is 21.3. The van der Waals surface area contributed by atoms with Crippen LogP contribution < -0.4 is 5.32 Å². The highest BCUT2D eigenvalue weighted by molar-refractivity contribution is 6.42. The normalized spacial score (nSPS) is 11.8. The number of nitrogens with zero attached hydrogens (tertiary/aromatic N) is 1. The van der Waals surface area contributed by atoms with Gasteiger partial charge in [0.2, 0.25) is 11.8 Å². The van der Waals surface area contributed by atoms with Crippen LogP contribution in [-0.4, -0.2) is 29.3 Å². The van der Waals surface area contributed by atoms with Gasteiger partial charge in [0.05, 0.1) is 16.5 Å². The van der Waals surface area contributed by atoms with E-state index in [1.807, 2.05) is 44.2 Å². The molecule has 0 saturated carbocycles. The Balaban J connectivity index is 1.98. The molecule has 3 aromatic carbocycles. The second kappa shape index (κ2) is 12.7. The first-order valence-electron chi connectivity index (χ1n) is 11.5. The van der Waals surface area contributed by atoms with Crippen LogP contribution >= 0.6 is 23.2 Å². The number of hydrogen-bond acceptors (Lipinski definition) is 2. The van der Waals surface area contributed by atoms with E-state index >= 15 is 0 Å². The van der Waals surface area contributed by atoms with E-state index in [1.54, 1.807) is 36.4 Å². The quantitative estimate of drug-likeness (QED) is 0.356. The van der Waals surface area contributed by atoms with E-state index in [2.05, 4.69) is 5.32 Å². The van der Waals surface area contributed by atoms with Crippen molar-refractivity contribution in [3.8, 4) is 0 Å². The molecular weight excluding hydrogens is 486 g/mol. The molecule has 0 aliphatic rings. The van der Waals surface area contributed by atoms with Crippen molar-refractivity contribution in [2.45, 2.75) is 39.3 Å². The van der Waals surface area contributed by atoms with Crippen molar-refractivity contribution in [3.63, 3.8) is 0 Å². The highest BCUT2D eigenvalue weighted by Gasteiger charge is 2.31. The molecule has 0 aliphatic carbocycles. The smallest absolute Gasteiger partial charge is 0.243 e. The van der Waals surface area contributed by atoms with E-state index in [0.717, 1.165) is 11.1 Å². The maximum Gasteiger partial charge on any atom is 0.243 e. The maximum atomic E-state index is 14.4. The Bertz CT molecular complexity index is 1150. The fourth-order valence-electron chi connectivity index (χ4n) is 3.72. The van der Waals surface area contributed by atoms with Gasteiger partial charge in [-0.1, -0.05) is 91.6 Å². The fourth-order valence-corrected chi connectivity index (χ4v) is 4.04. The Morgan fingerprint density at radius 2 is 1.60 bits per heavy atom. The number of rotatable bonds is 10. The molecule has 0 fully saturated rings. The molecule has 0 unspecified atom stereocenters. The summed E-state index contributed by atoms with van der Waals surface area (Å²) < 4.78 is 14.4. The van der Waals surface area contributed by atoms with Crippen LogP contribution in [0.5, 0.6) is 0 Å². The van der Waals surface area contributed by atoms with Gasteiger partial charge in [-0.15, -0.1) is 0 Å². The molecule has 0 saturated heterocycles. The molecule has 1 N–H and O–H groups in total. The number of hydrogen-bond donors (Lipinski definition) is 1. The molecule has 0 heterocycles. The Labute approximate surface area is 216 Å². The second-order valence-electron chi connectivity index (χ2n) is 8.88. The zero-order valence-electron chi connectivity index (χ0n) is 19.8. The third-order valence-corrected chi connectivity index (χ3v) is 6.33. The summed E-state index contributed by atoms with van der Waals surface area (Å²) in [7, 11) is 0. The van der Waals surface area contributed by atoms with Crippen molar-refractivity contribution < 1.29 is 14.0 Å². The van der Waals surface area contributed by atoms with E-state index < -0.39 is 11.9 Å². The Morgan fingerprint density at radius 3 is 2.26 bits per heavy atom. The van der Waals surface area contributed by atoms with Crippen LogP contribution in [0.1, 0.15) is 30.5 Å². The van der Waals surface area contributed by atoms with Crippen molar-refractivity contribution in [3.05, 3.63) is 105 Å². The first-order valence-corrected chi connectivity index (χ1v) is 12.3.